The summed E-state index contributed by atoms with van der Waals surface area (Å²) in [5, 5.41) is 2.93. The first-order chi connectivity index (χ1) is 15.4. The van der Waals surface area contributed by atoms with E-state index in [0.29, 0.717) is 43.1 Å². The summed E-state index contributed by atoms with van der Waals surface area (Å²) in [7, 11) is 1.59. The summed E-state index contributed by atoms with van der Waals surface area (Å²) in [4.78, 5) is 42.2. The number of methoxy groups -OCH3 is 1. The molecule has 0 aliphatic carbocycles. The Morgan fingerprint density at radius 2 is 1.50 bits per heavy atom. The zero-order valence-corrected chi connectivity index (χ0v) is 18.9. The Balaban J connectivity index is 1.62. The summed E-state index contributed by atoms with van der Waals surface area (Å²) in [6.07, 6.45) is 0.765. The van der Waals surface area contributed by atoms with Crippen LogP contribution in [0.1, 0.15) is 41.0 Å². The minimum atomic E-state index is -0.600. The van der Waals surface area contributed by atoms with Gasteiger partial charge >= 0.3 is 0 Å². The Labute approximate surface area is 189 Å². The van der Waals surface area contributed by atoms with E-state index in [1.54, 1.807) is 65.4 Å². The maximum atomic E-state index is 13.3. The summed E-state index contributed by atoms with van der Waals surface area (Å²) < 4.78 is 5.14. The Bertz CT molecular complexity index is 922. The van der Waals surface area contributed by atoms with Crippen LogP contribution in [0.3, 0.4) is 0 Å². The van der Waals surface area contributed by atoms with E-state index < -0.39 is 6.04 Å². The first kappa shape index (κ1) is 23.3. The second kappa shape index (κ2) is 10.8. The van der Waals surface area contributed by atoms with Crippen molar-refractivity contribution in [2.45, 2.75) is 26.3 Å². The number of amides is 3. The van der Waals surface area contributed by atoms with Crippen LogP contribution in [0.15, 0.2) is 54.6 Å². The number of carbonyl (C=O) groups excluding carboxylic acids is 3. The quantitative estimate of drug-likeness (QED) is 0.723. The third-order valence-electron chi connectivity index (χ3n) is 6.02. The van der Waals surface area contributed by atoms with Gasteiger partial charge in [-0.25, -0.2) is 0 Å². The van der Waals surface area contributed by atoms with E-state index in [9.17, 15) is 14.4 Å². The molecule has 1 saturated heterocycles. The van der Waals surface area contributed by atoms with Gasteiger partial charge in [-0.2, -0.15) is 0 Å². The lowest BCUT2D eigenvalue weighted by Gasteiger charge is -2.37. The van der Waals surface area contributed by atoms with Gasteiger partial charge in [0.25, 0.3) is 11.8 Å². The number of benzene rings is 2. The second-order valence-electron chi connectivity index (χ2n) is 8.05. The smallest absolute Gasteiger partial charge is 0.253 e. The molecule has 0 radical (unpaired) electrons. The highest BCUT2D eigenvalue weighted by Gasteiger charge is 2.33. The van der Waals surface area contributed by atoms with Crippen LogP contribution in [0.25, 0.3) is 0 Å². The van der Waals surface area contributed by atoms with Crippen LogP contribution in [-0.4, -0.2) is 66.9 Å². The van der Waals surface area contributed by atoms with Gasteiger partial charge in [-0.05, 0) is 42.3 Å². The lowest BCUT2D eigenvalue weighted by molar-refractivity contribution is -0.136. The number of piperazine rings is 1. The number of rotatable bonds is 7. The fourth-order valence-corrected chi connectivity index (χ4v) is 3.74. The van der Waals surface area contributed by atoms with Crippen molar-refractivity contribution >= 4 is 17.7 Å². The maximum absolute atomic E-state index is 13.3. The highest BCUT2D eigenvalue weighted by Crippen LogP contribution is 2.17. The van der Waals surface area contributed by atoms with Gasteiger partial charge in [0, 0.05) is 37.3 Å². The molecule has 1 N–H and O–H groups in total. The van der Waals surface area contributed by atoms with Crippen molar-refractivity contribution in [3.8, 4) is 5.75 Å². The molecule has 1 fully saturated rings. The molecule has 0 bridgehead atoms. The molecule has 0 saturated carbocycles. The summed E-state index contributed by atoms with van der Waals surface area (Å²) in [6, 6.07) is 15.3. The van der Waals surface area contributed by atoms with Crippen LogP contribution < -0.4 is 10.1 Å². The molecule has 7 heteroatoms. The normalized spacial score (nSPS) is 15.6. The molecule has 1 heterocycles. The third-order valence-corrected chi connectivity index (χ3v) is 6.02. The van der Waals surface area contributed by atoms with Gasteiger partial charge < -0.3 is 19.9 Å². The monoisotopic (exact) mass is 437 g/mol. The Hall–Kier alpha value is -3.35. The fraction of sp³-hybridized carbons (Fsp3) is 0.400. The Morgan fingerprint density at radius 1 is 0.906 bits per heavy atom. The average molecular weight is 438 g/mol. The minimum absolute atomic E-state index is 0.00544. The van der Waals surface area contributed by atoms with Gasteiger partial charge in [0.15, 0.2) is 0 Å². The van der Waals surface area contributed by atoms with Crippen LogP contribution in [0.2, 0.25) is 0 Å². The molecule has 2 atom stereocenters. The molecule has 3 amide bonds. The molecular formula is C25H31N3O4. The zero-order chi connectivity index (χ0) is 23.1. The fourth-order valence-electron chi connectivity index (χ4n) is 3.74. The Kier molecular flexibility index (Phi) is 7.87. The van der Waals surface area contributed by atoms with Gasteiger partial charge in [-0.3, -0.25) is 14.4 Å². The maximum Gasteiger partial charge on any atom is 0.253 e. The number of hydrogen-bond donors (Lipinski definition) is 1. The predicted octanol–water partition coefficient (Wildman–Crippen LogP) is 2.82. The van der Waals surface area contributed by atoms with Crippen molar-refractivity contribution in [2.24, 2.45) is 5.92 Å². The van der Waals surface area contributed by atoms with Crippen molar-refractivity contribution in [1.82, 2.24) is 15.1 Å². The SMILES string of the molecule is CCC(C)C(NC(=O)c1ccccc1)C(=O)N1CCN(C(=O)c2ccc(OC)cc2)CC1. The molecular weight excluding hydrogens is 406 g/mol. The second-order valence-corrected chi connectivity index (χ2v) is 8.05. The highest BCUT2D eigenvalue weighted by atomic mass is 16.5. The van der Waals surface area contributed by atoms with Gasteiger partial charge in [0.1, 0.15) is 11.8 Å². The molecule has 2 unspecified atom stereocenters. The van der Waals surface area contributed by atoms with Crippen molar-refractivity contribution in [2.75, 3.05) is 33.3 Å². The molecule has 0 aromatic heterocycles. The van der Waals surface area contributed by atoms with Gasteiger partial charge in [0.2, 0.25) is 5.91 Å². The first-order valence-electron chi connectivity index (χ1n) is 11.0. The lowest BCUT2D eigenvalue weighted by Crippen LogP contribution is -2.57. The van der Waals surface area contributed by atoms with E-state index >= 15 is 0 Å². The van der Waals surface area contributed by atoms with E-state index in [1.165, 1.54) is 0 Å². The molecule has 0 spiro atoms. The minimum Gasteiger partial charge on any atom is -0.497 e. The van der Waals surface area contributed by atoms with Crippen LogP contribution >= 0.6 is 0 Å². The van der Waals surface area contributed by atoms with Crippen molar-refractivity contribution in [3.63, 3.8) is 0 Å². The molecule has 1 aliphatic heterocycles. The first-order valence-corrected chi connectivity index (χ1v) is 11.0. The van der Waals surface area contributed by atoms with Crippen LogP contribution in [0.5, 0.6) is 5.75 Å². The van der Waals surface area contributed by atoms with E-state index in [4.69, 9.17) is 4.74 Å². The lowest BCUT2D eigenvalue weighted by atomic mass is 9.97. The summed E-state index contributed by atoms with van der Waals surface area (Å²) in [6.45, 7) is 5.76. The Morgan fingerprint density at radius 3 is 2.06 bits per heavy atom. The molecule has 170 valence electrons. The number of ether oxygens (including phenoxy) is 1. The van der Waals surface area contributed by atoms with Crippen LogP contribution in [-0.2, 0) is 4.79 Å². The molecule has 32 heavy (non-hydrogen) atoms. The van der Waals surface area contributed by atoms with E-state index in [1.807, 2.05) is 19.9 Å². The van der Waals surface area contributed by atoms with Gasteiger partial charge in [-0.15, -0.1) is 0 Å². The number of nitrogens with zero attached hydrogens (tertiary/aromatic N) is 2. The van der Waals surface area contributed by atoms with E-state index in [2.05, 4.69) is 5.32 Å². The molecule has 2 aromatic rings. The number of hydrogen-bond acceptors (Lipinski definition) is 4. The largest absolute Gasteiger partial charge is 0.497 e. The van der Waals surface area contributed by atoms with E-state index in [-0.39, 0.29) is 23.6 Å². The molecule has 1 aliphatic rings. The molecule has 7 nitrogen and oxygen atoms in total. The van der Waals surface area contributed by atoms with E-state index in [0.717, 1.165) is 6.42 Å². The zero-order valence-electron chi connectivity index (χ0n) is 18.9. The highest BCUT2D eigenvalue weighted by molar-refractivity contribution is 5.98. The average Bonchev–Trinajstić information content (AvgIpc) is 2.86. The van der Waals surface area contributed by atoms with Crippen LogP contribution in [0.4, 0.5) is 0 Å². The summed E-state index contributed by atoms with van der Waals surface area (Å²) >= 11 is 0. The predicted molar refractivity (Wildman–Crippen MR) is 123 cm³/mol. The molecule has 2 aromatic carbocycles. The number of carbonyl (C=O) groups is 3. The van der Waals surface area contributed by atoms with Crippen molar-refractivity contribution < 1.29 is 19.1 Å². The third kappa shape index (κ3) is 5.46. The number of nitrogens with one attached hydrogen (secondary N) is 1. The van der Waals surface area contributed by atoms with Gasteiger partial charge in [0.05, 0.1) is 7.11 Å². The topological polar surface area (TPSA) is 79.0 Å². The van der Waals surface area contributed by atoms with Crippen molar-refractivity contribution in [3.05, 3.63) is 65.7 Å². The standard InChI is InChI=1S/C25H31N3O4/c1-4-18(2)22(26-23(29)19-8-6-5-7-9-19)25(31)28-16-14-27(15-17-28)24(30)20-10-12-21(32-3)13-11-20/h5-13,18,22H,4,14-17H2,1-3H3,(H,26,29). The van der Waals surface area contributed by atoms with Crippen molar-refractivity contribution in [1.29, 1.82) is 0 Å². The summed E-state index contributed by atoms with van der Waals surface area (Å²) in [5.74, 6) is 0.285. The summed E-state index contributed by atoms with van der Waals surface area (Å²) in [5.41, 5.74) is 1.13. The van der Waals surface area contributed by atoms with Gasteiger partial charge in [-0.1, -0.05) is 38.5 Å². The molecule has 3 rings (SSSR count). The van der Waals surface area contributed by atoms with Crippen LogP contribution in [0, 0.1) is 5.92 Å².